The zero-order chi connectivity index (χ0) is 20.5. The van der Waals surface area contributed by atoms with Crippen molar-refractivity contribution in [3.8, 4) is 0 Å². The first-order valence-corrected chi connectivity index (χ1v) is 10.3. The highest BCUT2D eigenvalue weighted by atomic mass is 16.2. The Morgan fingerprint density at radius 1 is 1.07 bits per heavy atom. The van der Waals surface area contributed by atoms with Crippen LogP contribution in [-0.4, -0.2) is 53.9 Å². The minimum absolute atomic E-state index is 0.0468. The van der Waals surface area contributed by atoms with Crippen LogP contribution < -0.4 is 9.80 Å². The molecule has 29 heavy (non-hydrogen) atoms. The molecular formula is C23H28N4O2. The van der Waals surface area contributed by atoms with Crippen molar-refractivity contribution in [2.24, 2.45) is 0 Å². The Hall–Kier alpha value is -2.89. The number of nitrogens with zero attached hydrogens (tertiary/aromatic N) is 4. The molecule has 1 aromatic heterocycles. The number of anilines is 2. The van der Waals surface area contributed by atoms with E-state index >= 15 is 0 Å². The van der Waals surface area contributed by atoms with Crippen molar-refractivity contribution in [1.82, 2.24) is 9.88 Å². The SMILES string of the molecule is Cc1cnc(N2CCN(C(=O)c3ccc(N4C(=O)CCC4C)cc3)CC2)c(C)c1. The van der Waals surface area contributed by atoms with E-state index in [0.717, 1.165) is 36.6 Å². The molecule has 0 spiro atoms. The van der Waals surface area contributed by atoms with Gasteiger partial charge in [-0.15, -0.1) is 0 Å². The second kappa shape index (κ2) is 7.85. The molecule has 2 amide bonds. The summed E-state index contributed by atoms with van der Waals surface area (Å²) >= 11 is 0. The van der Waals surface area contributed by atoms with Crippen LogP contribution in [0.1, 0.15) is 41.3 Å². The summed E-state index contributed by atoms with van der Waals surface area (Å²) in [6, 6.07) is 9.83. The van der Waals surface area contributed by atoms with Gasteiger partial charge in [0.15, 0.2) is 0 Å². The van der Waals surface area contributed by atoms with Gasteiger partial charge in [0, 0.05) is 56.1 Å². The molecule has 4 rings (SSSR count). The van der Waals surface area contributed by atoms with Gasteiger partial charge in [0.1, 0.15) is 5.82 Å². The van der Waals surface area contributed by atoms with Crippen LogP contribution in [0.2, 0.25) is 0 Å². The van der Waals surface area contributed by atoms with Crippen molar-refractivity contribution in [2.75, 3.05) is 36.0 Å². The predicted octanol–water partition coefficient (Wildman–Crippen LogP) is 3.18. The molecule has 0 bridgehead atoms. The third-order valence-corrected chi connectivity index (χ3v) is 5.93. The van der Waals surface area contributed by atoms with E-state index in [1.54, 1.807) is 0 Å². The van der Waals surface area contributed by atoms with Crippen molar-refractivity contribution in [2.45, 2.75) is 39.7 Å². The number of benzene rings is 1. The fourth-order valence-corrected chi connectivity index (χ4v) is 4.33. The van der Waals surface area contributed by atoms with Gasteiger partial charge in [-0.1, -0.05) is 6.07 Å². The quantitative estimate of drug-likeness (QED) is 0.805. The molecule has 1 aromatic carbocycles. The van der Waals surface area contributed by atoms with Crippen LogP contribution in [0.15, 0.2) is 36.5 Å². The topological polar surface area (TPSA) is 56.8 Å². The zero-order valence-electron chi connectivity index (χ0n) is 17.4. The van der Waals surface area contributed by atoms with Crippen LogP contribution in [0.25, 0.3) is 0 Å². The number of aromatic nitrogens is 1. The number of hydrogen-bond donors (Lipinski definition) is 0. The number of carbonyl (C=O) groups excluding carboxylic acids is 2. The summed E-state index contributed by atoms with van der Waals surface area (Å²) in [4.78, 5) is 35.6. The van der Waals surface area contributed by atoms with Crippen LogP contribution in [0.4, 0.5) is 11.5 Å². The Bertz CT molecular complexity index is 917. The number of rotatable bonds is 3. The minimum Gasteiger partial charge on any atom is -0.353 e. The summed E-state index contributed by atoms with van der Waals surface area (Å²) < 4.78 is 0. The first kappa shape index (κ1) is 19.4. The van der Waals surface area contributed by atoms with E-state index in [1.807, 2.05) is 47.2 Å². The largest absolute Gasteiger partial charge is 0.353 e. The third kappa shape index (κ3) is 3.84. The Kier molecular flexibility index (Phi) is 5.26. The lowest BCUT2D eigenvalue weighted by Crippen LogP contribution is -2.49. The summed E-state index contributed by atoms with van der Waals surface area (Å²) in [6.45, 7) is 9.11. The van der Waals surface area contributed by atoms with Crippen LogP contribution in [0.3, 0.4) is 0 Å². The van der Waals surface area contributed by atoms with E-state index in [4.69, 9.17) is 0 Å². The second-order valence-corrected chi connectivity index (χ2v) is 8.13. The maximum Gasteiger partial charge on any atom is 0.253 e. The van der Waals surface area contributed by atoms with Crippen LogP contribution in [-0.2, 0) is 4.79 Å². The number of aryl methyl sites for hydroxylation is 2. The minimum atomic E-state index is 0.0468. The summed E-state index contributed by atoms with van der Waals surface area (Å²) in [6.07, 6.45) is 3.38. The Morgan fingerprint density at radius 2 is 1.76 bits per heavy atom. The molecule has 3 heterocycles. The summed E-state index contributed by atoms with van der Waals surface area (Å²) in [7, 11) is 0. The molecule has 0 N–H and O–H groups in total. The molecule has 2 aromatic rings. The smallest absolute Gasteiger partial charge is 0.253 e. The molecule has 1 atom stereocenters. The third-order valence-electron chi connectivity index (χ3n) is 5.93. The standard InChI is InChI=1S/C23H28N4O2/c1-16-14-17(2)22(24-15-16)25-10-12-26(13-11-25)23(29)19-5-7-20(8-6-19)27-18(3)4-9-21(27)28/h5-8,14-15,18H,4,9-13H2,1-3H3. The number of pyridine rings is 1. The van der Waals surface area contributed by atoms with Gasteiger partial charge in [-0.3, -0.25) is 9.59 Å². The molecule has 0 saturated carbocycles. The summed E-state index contributed by atoms with van der Waals surface area (Å²) in [5.74, 6) is 1.22. The fourth-order valence-electron chi connectivity index (χ4n) is 4.33. The van der Waals surface area contributed by atoms with E-state index in [2.05, 4.69) is 29.8 Å². The average molecular weight is 393 g/mol. The number of piperazine rings is 1. The molecule has 2 fully saturated rings. The molecule has 2 aliphatic rings. The first-order chi connectivity index (χ1) is 13.9. The van der Waals surface area contributed by atoms with Gasteiger partial charge in [-0.2, -0.15) is 0 Å². The molecule has 2 saturated heterocycles. The van der Waals surface area contributed by atoms with Crippen LogP contribution >= 0.6 is 0 Å². The lowest BCUT2D eigenvalue weighted by atomic mass is 10.1. The van der Waals surface area contributed by atoms with Crippen molar-refractivity contribution >= 4 is 23.3 Å². The molecule has 0 aliphatic carbocycles. The number of hydrogen-bond acceptors (Lipinski definition) is 4. The highest BCUT2D eigenvalue weighted by Crippen LogP contribution is 2.27. The monoisotopic (exact) mass is 392 g/mol. The molecule has 6 heteroatoms. The normalized spacial score (nSPS) is 19.8. The lowest BCUT2D eigenvalue weighted by molar-refractivity contribution is -0.117. The first-order valence-electron chi connectivity index (χ1n) is 10.3. The predicted molar refractivity (Wildman–Crippen MR) is 114 cm³/mol. The van der Waals surface area contributed by atoms with Crippen molar-refractivity contribution in [3.05, 3.63) is 53.2 Å². The van der Waals surface area contributed by atoms with E-state index in [1.165, 1.54) is 5.56 Å². The van der Waals surface area contributed by atoms with E-state index in [-0.39, 0.29) is 17.9 Å². The maximum absolute atomic E-state index is 12.9. The Morgan fingerprint density at radius 3 is 2.34 bits per heavy atom. The summed E-state index contributed by atoms with van der Waals surface area (Å²) in [5, 5.41) is 0. The van der Waals surface area contributed by atoms with Crippen molar-refractivity contribution in [1.29, 1.82) is 0 Å². The maximum atomic E-state index is 12.9. The molecular weight excluding hydrogens is 364 g/mol. The van der Waals surface area contributed by atoms with Crippen molar-refractivity contribution < 1.29 is 9.59 Å². The molecule has 1 unspecified atom stereocenters. The summed E-state index contributed by atoms with van der Waals surface area (Å²) in [5.41, 5.74) is 3.88. The van der Waals surface area contributed by atoms with E-state index in [0.29, 0.717) is 25.1 Å². The second-order valence-electron chi connectivity index (χ2n) is 8.13. The van der Waals surface area contributed by atoms with Gasteiger partial charge in [0.25, 0.3) is 5.91 Å². The molecule has 152 valence electrons. The molecule has 6 nitrogen and oxygen atoms in total. The highest BCUT2D eigenvalue weighted by molar-refractivity contribution is 5.98. The van der Waals surface area contributed by atoms with Gasteiger partial charge in [-0.05, 0) is 62.6 Å². The average Bonchev–Trinajstić information content (AvgIpc) is 3.06. The molecule has 0 radical (unpaired) electrons. The number of carbonyl (C=O) groups is 2. The van der Waals surface area contributed by atoms with E-state index < -0.39 is 0 Å². The molecule has 2 aliphatic heterocycles. The Balaban J connectivity index is 1.40. The fraction of sp³-hybridized carbons (Fsp3) is 0.435. The van der Waals surface area contributed by atoms with Crippen molar-refractivity contribution in [3.63, 3.8) is 0 Å². The van der Waals surface area contributed by atoms with Gasteiger partial charge in [0.05, 0.1) is 0 Å². The van der Waals surface area contributed by atoms with Gasteiger partial charge < -0.3 is 14.7 Å². The van der Waals surface area contributed by atoms with Crippen LogP contribution in [0, 0.1) is 13.8 Å². The van der Waals surface area contributed by atoms with Gasteiger partial charge in [-0.25, -0.2) is 4.98 Å². The zero-order valence-corrected chi connectivity index (χ0v) is 17.4. The van der Waals surface area contributed by atoms with Gasteiger partial charge in [0.2, 0.25) is 5.91 Å². The van der Waals surface area contributed by atoms with Crippen LogP contribution in [0.5, 0.6) is 0 Å². The highest BCUT2D eigenvalue weighted by Gasteiger charge is 2.29. The lowest BCUT2D eigenvalue weighted by Gasteiger charge is -2.36. The van der Waals surface area contributed by atoms with Gasteiger partial charge >= 0.3 is 0 Å². The Labute approximate surface area is 172 Å². The van der Waals surface area contributed by atoms with E-state index in [9.17, 15) is 9.59 Å². The number of amides is 2.